The van der Waals surface area contributed by atoms with Crippen LogP contribution in [0.5, 0.6) is 5.75 Å². The monoisotopic (exact) mass is 429 g/mol. The summed E-state index contributed by atoms with van der Waals surface area (Å²) in [4.78, 5) is 12.1. The summed E-state index contributed by atoms with van der Waals surface area (Å²) in [6.07, 6.45) is 2.07. The van der Waals surface area contributed by atoms with Crippen LogP contribution in [0, 0.1) is 6.92 Å². The van der Waals surface area contributed by atoms with Gasteiger partial charge in [-0.2, -0.15) is 0 Å². The zero-order valence-corrected chi connectivity index (χ0v) is 17.5. The number of rotatable bonds is 9. The number of nitrogens with one attached hydrogen (secondary N) is 2. The maximum Gasteiger partial charge on any atom is 0.263 e. The van der Waals surface area contributed by atoms with Crippen LogP contribution in [0.2, 0.25) is 0 Å². The molecule has 2 aromatic carbocycles. The summed E-state index contributed by atoms with van der Waals surface area (Å²) in [6.45, 7) is 3.62. The minimum atomic E-state index is -3.81. The highest BCUT2D eigenvalue weighted by atomic mass is 32.2. The lowest BCUT2D eigenvalue weighted by molar-refractivity contribution is -0.118. The van der Waals surface area contributed by atoms with Gasteiger partial charge in [-0.15, -0.1) is 0 Å². The molecule has 0 fully saturated rings. The minimum Gasteiger partial charge on any atom is -0.484 e. The molecular formula is C21H23N3O5S. The van der Waals surface area contributed by atoms with Crippen LogP contribution in [0.3, 0.4) is 0 Å². The van der Waals surface area contributed by atoms with Gasteiger partial charge in [0, 0.05) is 11.8 Å². The first-order chi connectivity index (χ1) is 14.4. The molecule has 0 radical (unpaired) electrons. The number of amides is 1. The number of hydrogen-bond acceptors (Lipinski definition) is 6. The fourth-order valence-electron chi connectivity index (χ4n) is 2.72. The van der Waals surface area contributed by atoms with E-state index >= 15 is 0 Å². The number of hydrogen-bond donors (Lipinski definition) is 2. The Morgan fingerprint density at radius 1 is 1.10 bits per heavy atom. The van der Waals surface area contributed by atoms with Gasteiger partial charge < -0.3 is 14.6 Å². The fraction of sp³-hybridized carbons (Fsp3) is 0.238. The predicted octanol–water partition coefficient (Wildman–Crippen LogP) is 3.75. The molecule has 0 saturated heterocycles. The van der Waals surface area contributed by atoms with Gasteiger partial charge in [0.05, 0.1) is 4.90 Å². The molecule has 1 aromatic heterocycles. The number of carbonyl (C=O) groups excluding carboxylic acids is 1. The molecule has 0 saturated carbocycles. The topological polar surface area (TPSA) is 111 Å². The molecule has 0 atom stereocenters. The van der Waals surface area contributed by atoms with Gasteiger partial charge in [0.25, 0.3) is 15.9 Å². The molecule has 158 valence electrons. The van der Waals surface area contributed by atoms with Gasteiger partial charge >= 0.3 is 0 Å². The number of carbonyl (C=O) groups is 1. The van der Waals surface area contributed by atoms with Crippen molar-refractivity contribution in [1.82, 2.24) is 5.16 Å². The normalized spacial score (nSPS) is 11.1. The Kier molecular flexibility index (Phi) is 6.73. The van der Waals surface area contributed by atoms with Crippen molar-refractivity contribution in [3.05, 3.63) is 65.9 Å². The van der Waals surface area contributed by atoms with E-state index in [4.69, 9.17) is 9.26 Å². The molecule has 1 heterocycles. The lowest BCUT2D eigenvalue weighted by atomic mass is 10.1. The molecule has 0 unspecified atom stereocenters. The van der Waals surface area contributed by atoms with Crippen LogP contribution < -0.4 is 14.8 Å². The van der Waals surface area contributed by atoms with Gasteiger partial charge in [0.15, 0.2) is 12.4 Å². The second-order valence-corrected chi connectivity index (χ2v) is 8.37. The number of nitrogens with zero attached hydrogens (tertiary/aromatic N) is 1. The number of aromatic nitrogens is 1. The van der Waals surface area contributed by atoms with E-state index in [0.717, 1.165) is 12.8 Å². The van der Waals surface area contributed by atoms with Crippen molar-refractivity contribution in [2.75, 3.05) is 16.6 Å². The van der Waals surface area contributed by atoms with Crippen LogP contribution >= 0.6 is 0 Å². The zero-order chi connectivity index (χ0) is 21.6. The Hall–Kier alpha value is -3.33. The quantitative estimate of drug-likeness (QED) is 0.536. The largest absolute Gasteiger partial charge is 0.484 e. The Morgan fingerprint density at radius 3 is 2.40 bits per heavy atom. The molecular weight excluding hydrogens is 406 g/mol. The molecule has 0 spiro atoms. The number of anilines is 2. The van der Waals surface area contributed by atoms with Crippen LogP contribution in [0.4, 0.5) is 11.5 Å². The Bertz CT molecular complexity index is 1090. The third-order valence-corrected chi connectivity index (χ3v) is 5.52. The van der Waals surface area contributed by atoms with Crippen LogP contribution in [-0.2, 0) is 21.2 Å². The number of benzene rings is 2. The van der Waals surface area contributed by atoms with E-state index in [1.165, 1.54) is 35.9 Å². The van der Waals surface area contributed by atoms with E-state index in [2.05, 4.69) is 22.1 Å². The van der Waals surface area contributed by atoms with Crippen LogP contribution in [0.25, 0.3) is 0 Å². The molecule has 9 heteroatoms. The van der Waals surface area contributed by atoms with Crippen molar-refractivity contribution in [1.29, 1.82) is 0 Å². The fourth-order valence-corrected chi connectivity index (χ4v) is 3.70. The molecule has 30 heavy (non-hydrogen) atoms. The Morgan fingerprint density at radius 2 is 1.80 bits per heavy atom. The van der Waals surface area contributed by atoms with Crippen LogP contribution in [0.1, 0.15) is 24.7 Å². The Labute approximate surface area is 175 Å². The smallest absolute Gasteiger partial charge is 0.263 e. The van der Waals surface area contributed by atoms with Crippen molar-refractivity contribution in [3.63, 3.8) is 0 Å². The molecule has 8 nitrogen and oxygen atoms in total. The van der Waals surface area contributed by atoms with Gasteiger partial charge in [-0.25, -0.2) is 8.42 Å². The van der Waals surface area contributed by atoms with E-state index in [1.54, 1.807) is 6.92 Å². The average molecular weight is 429 g/mol. The third kappa shape index (κ3) is 5.84. The van der Waals surface area contributed by atoms with E-state index < -0.39 is 10.0 Å². The first kappa shape index (κ1) is 21.4. The van der Waals surface area contributed by atoms with E-state index in [-0.39, 0.29) is 23.2 Å². The van der Waals surface area contributed by atoms with Gasteiger partial charge in [-0.1, -0.05) is 30.6 Å². The van der Waals surface area contributed by atoms with Crippen molar-refractivity contribution in [2.45, 2.75) is 31.6 Å². The minimum absolute atomic E-state index is 0.0320. The summed E-state index contributed by atoms with van der Waals surface area (Å²) in [5.74, 6) is 0.856. The number of ether oxygens (including phenoxy) is 1. The molecule has 0 bridgehead atoms. The van der Waals surface area contributed by atoms with Crippen molar-refractivity contribution >= 4 is 27.4 Å². The lowest BCUT2D eigenvalue weighted by Gasteiger charge is -2.09. The lowest BCUT2D eigenvalue weighted by Crippen LogP contribution is -2.20. The first-order valence-corrected chi connectivity index (χ1v) is 10.9. The van der Waals surface area contributed by atoms with Crippen molar-refractivity contribution < 1.29 is 22.5 Å². The molecule has 1 amide bonds. The molecule has 3 rings (SSSR count). The van der Waals surface area contributed by atoms with Gasteiger partial charge in [-0.05, 0) is 55.3 Å². The maximum absolute atomic E-state index is 12.4. The molecule has 2 N–H and O–H groups in total. The SMILES string of the molecule is CCCc1ccc(OCC(=O)Nc2ccc(S(=O)(=O)Nc3cc(C)on3)cc2)cc1. The summed E-state index contributed by atoms with van der Waals surface area (Å²) < 4.78 is 37.4. The number of sulfonamides is 1. The second-order valence-electron chi connectivity index (χ2n) is 6.68. The van der Waals surface area contributed by atoms with E-state index in [1.807, 2.05) is 24.3 Å². The highest BCUT2D eigenvalue weighted by Crippen LogP contribution is 2.18. The van der Waals surface area contributed by atoms with Crippen LogP contribution in [0.15, 0.2) is 64.0 Å². The average Bonchev–Trinajstić information content (AvgIpc) is 3.12. The Balaban J connectivity index is 1.53. The first-order valence-electron chi connectivity index (χ1n) is 9.43. The maximum atomic E-state index is 12.4. The third-order valence-electron chi connectivity index (χ3n) is 4.15. The highest BCUT2D eigenvalue weighted by molar-refractivity contribution is 7.92. The van der Waals surface area contributed by atoms with Crippen molar-refractivity contribution in [3.8, 4) is 5.75 Å². The van der Waals surface area contributed by atoms with Crippen LogP contribution in [-0.4, -0.2) is 26.1 Å². The number of aryl methyl sites for hydroxylation is 2. The summed E-state index contributed by atoms with van der Waals surface area (Å²) in [5, 5.41) is 6.28. The van der Waals surface area contributed by atoms with Gasteiger partial charge in [0.1, 0.15) is 11.5 Å². The second kappa shape index (κ2) is 9.45. The van der Waals surface area contributed by atoms with E-state index in [9.17, 15) is 13.2 Å². The zero-order valence-electron chi connectivity index (χ0n) is 16.7. The van der Waals surface area contributed by atoms with Crippen molar-refractivity contribution in [2.24, 2.45) is 0 Å². The van der Waals surface area contributed by atoms with E-state index in [0.29, 0.717) is 17.2 Å². The molecule has 3 aromatic rings. The van der Waals surface area contributed by atoms with Gasteiger partial charge in [0.2, 0.25) is 0 Å². The summed E-state index contributed by atoms with van der Waals surface area (Å²) >= 11 is 0. The standard InChI is InChI=1S/C21H23N3O5S/c1-3-4-16-5-9-18(10-6-16)28-14-21(25)22-17-7-11-19(12-8-17)30(26,27)24-20-13-15(2)29-23-20/h5-13H,3-4,14H2,1-2H3,(H,22,25)(H,23,24). The molecule has 0 aliphatic rings. The van der Waals surface area contributed by atoms with Gasteiger partial charge in [-0.3, -0.25) is 9.52 Å². The highest BCUT2D eigenvalue weighted by Gasteiger charge is 2.16. The predicted molar refractivity (Wildman–Crippen MR) is 113 cm³/mol. The molecule has 0 aliphatic heterocycles. The summed E-state index contributed by atoms with van der Waals surface area (Å²) in [5.41, 5.74) is 1.68. The summed E-state index contributed by atoms with van der Waals surface area (Å²) in [6, 6.07) is 14.9. The molecule has 0 aliphatic carbocycles. The summed E-state index contributed by atoms with van der Waals surface area (Å²) in [7, 11) is -3.81.